The predicted molar refractivity (Wildman–Crippen MR) is 103 cm³/mol. The third kappa shape index (κ3) is 3.65. The molecule has 0 aliphatic carbocycles. The summed E-state index contributed by atoms with van der Waals surface area (Å²) in [5, 5.41) is 9.97. The number of aryl methyl sites for hydroxylation is 1. The minimum absolute atomic E-state index is 0.133. The second-order valence-corrected chi connectivity index (χ2v) is 7.40. The Morgan fingerprint density at radius 1 is 1.33 bits per heavy atom. The lowest BCUT2D eigenvalue weighted by molar-refractivity contribution is -0.140. The van der Waals surface area contributed by atoms with Gasteiger partial charge in [0.15, 0.2) is 4.80 Å². The molecule has 140 valence electrons. The molecule has 0 saturated heterocycles. The van der Waals surface area contributed by atoms with E-state index in [1.165, 1.54) is 10.6 Å². The second-order valence-electron chi connectivity index (χ2n) is 5.99. The molecule has 0 aliphatic rings. The lowest BCUT2D eigenvalue weighted by Gasteiger charge is -2.13. The minimum Gasteiger partial charge on any atom is -0.480 e. The highest BCUT2D eigenvalue weighted by Crippen LogP contribution is 2.27. The number of thiazole rings is 1. The van der Waals surface area contributed by atoms with Gasteiger partial charge in [-0.1, -0.05) is 42.0 Å². The molecule has 0 fully saturated rings. The zero-order valence-electron chi connectivity index (χ0n) is 14.6. The number of carboxylic acid groups (broad SMARTS) is 1. The summed E-state index contributed by atoms with van der Waals surface area (Å²) < 4.78 is 16.3. The summed E-state index contributed by atoms with van der Waals surface area (Å²) in [5.74, 6) is -2.09. The SMILES string of the molecule is CCC(C(=O)O)n1/c(=N/C(=O)c2cccc(Cl)c2)sc2c(F)c(C)ccc21. The molecule has 1 amide bonds. The van der Waals surface area contributed by atoms with Crippen LogP contribution in [0.2, 0.25) is 5.02 Å². The Morgan fingerprint density at radius 3 is 2.70 bits per heavy atom. The summed E-state index contributed by atoms with van der Waals surface area (Å²) in [7, 11) is 0. The quantitative estimate of drug-likeness (QED) is 0.689. The van der Waals surface area contributed by atoms with Crippen LogP contribution >= 0.6 is 22.9 Å². The number of halogens is 2. The Hall–Kier alpha value is -2.51. The Morgan fingerprint density at radius 2 is 2.07 bits per heavy atom. The van der Waals surface area contributed by atoms with Gasteiger partial charge in [0, 0.05) is 10.6 Å². The highest BCUT2D eigenvalue weighted by molar-refractivity contribution is 7.16. The standard InChI is InChI=1S/C19H16ClFN2O3S/c1-3-13(18(25)26)23-14-8-7-10(2)15(21)16(14)27-19(23)22-17(24)11-5-4-6-12(20)9-11/h4-9,13H,3H2,1-2H3,(H,25,26)/b22-19-. The van der Waals surface area contributed by atoms with Gasteiger partial charge >= 0.3 is 5.97 Å². The Labute approximate surface area is 163 Å². The van der Waals surface area contributed by atoms with E-state index in [0.29, 0.717) is 16.1 Å². The molecule has 1 heterocycles. The average molecular weight is 407 g/mol. The number of hydrogen-bond acceptors (Lipinski definition) is 3. The third-order valence-corrected chi connectivity index (χ3v) is 5.48. The van der Waals surface area contributed by atoms with Crippen molar-refractivity contribution in [1.82, 2.24) is 4.57 Å². The Balaban J connectivity index is 2.29. The fourth-order valence-electron chi connectivity index (χ4n) is 2.79. The first-order valence-electron chi connectivity index (χ1n) is 8.21. The van der Waals surface area contributed by atoms with Crippen molar-refractivity contribution in [3.05, 3.63) is 63.2 Å². The van der Waals surface area contributed by atoms with Gasteiger partial charge in [-0.05, 0) is 43.2 Å². The van der Waals surface area contributed by atoms with E-state index in [9.17, 15) is 19.1 Å². The minimum atomic E-state index is -1.07. The number of carbonyl (C=O) groups excluding carboxylic acids is 1. The van der Waals surface area contributed by atoms with E-state index in [1.54, 1.807) is 44.2 Å². The molecule has 0 radical (unpaired) electrons. The zero-order chi connectivity index (χ0) is 19.7. The summed E-state index contributed by atoms with van der Waals surface area (Å²) in [5.41, 5.74) is 1.11. The van der Waals surface area contributed by atoms with Crippen LogP contribution in [0.1, 0.15) is 35.3 Å². The van der Waals surface area contributed by atoms with E-state index in [2.05, 4.69) is 4.99 Å². The van der Waals surface area contributed by atoms with Gasteiger partial charge in [0.1, 0.15) is 11.9 Å². The lowest BCUT2D eigenvalue weighted by atomic mass is 10.2. The van der Waals surface area contributed by atoms with E-state index in [0.717, 1.165) is 11.3 Å². The fraction of sp³-hybridized carbons (Fsp3) is 0.211. The van der Waals surface area contributed by atoms with Crippen LogP contribution in [0, 0.1) is 12.7 Å². The number of amides is 1. The number of aliphatic carboxylic acids is 1. The number of nitrogens with zero attached hydrogens (tertiary/aromatic N) is 2. The summed E-state index contributed by atoms with van der Waals surface area (Å²) in [4.78, 5) is 28.5. The van der Waals surface area contributed by atoms with Gasteiger partial charge in [-0.15, -0.1) is 0 Å². The molecule has 3 rings (SSSR count). The number of aromatic nitrogens is 1. The van der Waals surface area contributed by atoms with Gasteiger partial charge in [-0.25, -0.2) is 9.18 Å². The highest BCUT2D eigenvalue weighted by atomic mass is 35.5. The Kier molecular flexibility index (Phi) is 5.43. The van der Waals surface area contributed by atoms with Gasteiger partial charge in [0.05, 0.1) is 10.2 Å². The maximum atomic E-state index is 14.6. The van der Waals surface area contributed by atoms with Crippen molar-refractivity contribution in [2.75, 3.05) is 0 Å². The topological polar surface area (TPSA) is 71.7 Å². The van der Waals surface area contributed by atoms with Crippen molar-refractivity contribution < 1.29 is 19.1 Å². The van der Waals surface area contributed by atoms with Crippen molar-refractivity contribution >= 4 is 45.0 Å². The van der Waals surface area contributed by atoms with Crippen LogP contribution < -0.4 is 4.80 Å². The van der Waals surface area contributed by atoms with Crippen LogP contribution in [0.25, 0.3) is 10.2 Å². The molecule has 1 N–H and O–H groups in total. The van der Waals surface area contributed by atoms with E-state index >= 15 is 0 Å². The van der Waals surface area contributed by atoms with Crippen LogP contribution in [-0.2, 0) is 4.79 Å². The van der Waals surface area contributed by atoms with Crippen molar-refractivity contribution in [3.63, 3.8) is 0 Å². The molecule has 0 saturated carbocycles. The molecular formula is C19H16ClFN2O3S. The number of benzene rings is 2. The molecule has 1 aromatic heterocycles. The number of rotatable bonds is 4. The van der Waals surface area contributed by atoms with Gasteiger partial charge in [-0.2, -0.15) is 4.99 Å². The van der Waals surface area contributed by atoms with E-state index in [-0.39, 0.29) is 21.5 Å². The maximum Gasteiger partial charge on any atom is 0.326 e. The second kappa shape index (κ2) is 7.62. The Bertz CT molecular complexity index is 1120. The van der Waals surface area contributed by atoms with Crippen molar-refractivity contribution in [1.29, 1.82) is 0 Å². The van der Waals surface area contributed by atoms with Crippen LogP contribution in [0.3, 0.4) is 0 Å². The van der Waals surface area contributed by atoms with Crippen LogP contribution in [0.4, 0.5) is 4.39 Å². The van der Waals surface area contributed by atoms with Crippen LogP contribution in [-0.4, -0.2) is 21.6 Å². The average Bonchev–Trinajstić information content (AvgIpc) is 2.97. The van der Waals surface area contributed by atoms with E-state index in [4.69, 9.17) is 11.6 Å². The number of carbonyl (C=O) groups is 2. The van der Waals surface area contributed by atoms with Crippen molar-refractivity contribution in [3.8, 4) is 0 Å². The van der Waals surface area contributed by atoms with E-state index in [1.807, 2.05) is 0 Å². The molecule has 2 aromatic carbocycles. The van der Waals surface area contributed by atoms with Crippen molar-refractivity contribution in [2.24, 2.45) is 4.99 Å². The molecule has 0 bridgehead atoms. The first-order valence-corrected chi connectivity index (χ1v) is 9.40. The molecule has 0 spiro atoms. The normalized spacial score (nSPS) is 13.1. The third-order valence-electron chi connectivity index (χ3n) is 4.18. The zero-order valence-corrected chi connectivity index (χ0v) is 16.1. The monoisotopic (exact) mass is 406 g/mol. The fourth-order valence-corrected chi connectivity index (χ4v) is 4.14. The summed E-state index contributed by atoms with van der Waals surface area (Å²) in [6.07, 6.45) is 0.259. The van der Waals surface area contributed by atoms with Gasteiger partial charge in [0.25, 0.3) is 5.91 Å². The van der Waals surface area contributed by atoms with Gasteiger partial charge in [-0.3, -0.25) is 4.79 Å². The highest BCUT2D eigenvalue weighted by Gasteiger charge is 2.23. The van der Waals surface area contributed by atoms with Crippen LogP contribution in [0.5, 0.6) is 0 Å². The molecular weight excluding hydrogens is 391 g/mol. The van der Waals surface area contributed by atoms with Gasteiger partial charge < -0.3 is 9.67 Å². The number of carboxylic acids is 1. The molecule has 5 nitrogen and oxygen atoms in total. The first kappa shape index (κ1) is 19.3. The lowest BCUT2D eigenvalue weighted by Crippen LogP contribution is -2.27. The number of hydrogen-bond donors (Lipinski definition) is 1. The summed E-state index contributed by atoms with van der Waals surface area (Å²) in [6, 6.07) is 8.56. The van der Waals surface area contributed by atoms with Gasteiger partial charge in [0.2, 0.25) is 0 Å². The molecule has 8 heteroatoms. The molecule has 1 atom stereocenters. The molecule has 1 unspecified atom stereocenters. The first-order chi connectivity index (χ1) is 12.8. The maximum absolute atomic E-state index is 14.6. The number of fused-ring (bicyclic) bond motifs is 1. The summed E-state index contributed by atoms with van der Waals surface area (Å²) >= 11 is 6.87. The molecule has 3 aromatic rings. The van der Waals surface area contributed by atoms with E-state index < -0.39 is 23.7 Å². The molecule has 0 aliphatic heterocycles. The van der Waals surface area contributed by atoms with Crippen molar-refractivity contribution in [2.45, 2.75) is 26.3 Å². The summed E-state index contributed by atoms with van der Waals surface area (Å²) in [6.45, 7) is 3.34. The largest absolute Gasteiger partial charge is 0.480 e. The van der Waals surface area contributed by atoms with Crippen LogP contribution in [0.15, 0.2) is 41.4 Å². The smallest absolute Gasteiger partial charge is 0.326 e. The predicted octanol–water partition coefficient (Wildman–Crippen LogP) is 4.58. The molecule has 27 heavy (non-hydrogen) atoms.